The summed E-state index contributed by atoms with van der Waals surface area (Å²) in [7, 11) is 0. The molecule has 2 aromatic rings. The minimum atomic E-state index is 0.793. The number of H-pyrrole nitrogens is 1. The zero-order valence-electron chi connectivity index (χ0n) is 9.37. The second kappa shape index (κ2) is 5.51. The first-order valence-electron chi connectivity index (χ1n) is 5.77. The molecule has 0 amide bonds. The zero-order chi connectivity index (χ0) is 11.2. The fraction of sp³-hybridized carbons (Fsp3) is 0.417. The topological polar surface area (TPSA) is 66.7 Å². The van der Waals surface area contributed by atoms with Gasteiger partial charge in [-0.3, -0.25) is 5.10 Å². The molecule has 4 nitrogen and oxygen atoms in total. The van der Waals surface area contributed by atoms with Crippen LogP contribution in [0, 0.1) is 0 Å². The van der Waals surface area contributed by atoms with Gasteiger partial charge < -0.3 is 11.1 Å². The summed E-state index contributed by atoms with van der Waals surface area (Å²) in [5.74, 6) is 0. The molecule has 16 heavy (non-hydrogen) atoms. The summed E-state index contributed by atoms with van der Waals surface area (Å²) in [5.41, 5.74) is 7.67. The van der Waals surface area contributed by atoms with Crippen LogP contribution in [0.15, 0.2) is 24.4 Å². The van der Waals surface area contributed by atoms with Gasteiger partial charge in [0.25, 0.3) is 0 Å². The number of benzene rings is 1. The smallest absolute Gasteiger partial charge is 0.0651 e. The van der Waals surface area contributed by atoms with E-state index in [0.29, 0.717) is 0 Å². The fourth-order valence-corrected chi connectivity index (χ4v) is 1.73. The molecule has 0 atom stereocenters. The summed E-state index contributed by atoms with van der Waals surface area (Å²) in [5, 5.41) is 11.5. The predicted octanol–water partition coefficient (Wildman–Crippen LogP) is 2.10. The van der Waals surface area contributed by atoms with Crippen molar-refractivity contribution in [3.63, 3.8) is 0 Å². The standard InChI is InChI=1S/C12H18N4/c13-6-2-1-3-7-14-11-4-5-12-10(8-11)9-15-16-12/h4-5,8-9,14H,1-3,6-7,13H2,(H,15,16). The maximum atomic E-state index is 5.44. The number of fused-ring (bicyclic) bond motifs is 1. The number of nitrogens with two attached hydrogens (primary N) is 1. The van der Waals surface area contributed by atoms with Crippen molar-refractivity contribution in [2.75, 3.05) is 18.4 Å². The summed E-state index contributed by atoms with van der Waals surface area (Å²) < 4.78 is 0. The van der Waals surface area contributed by atoms with Crippen LogP contribution in [0.1, 0.15) is 19.3 Å². The lowest BCUT2D eigenvalue weighted by atomic mass is 10.2. The van der Waals surface area contributed by atoms with Gasteiger partial charge in [-0.1, -0.05) is 6.42 Å². The largest absolute Gasteiger partial charge is 0.385 e. The number of hydrogen-bond donors (Lipinski definition) is 3. The van der Waals surface area contributed by atoms with Crippen molar-refractivity contribution in [1.82, 2.24) is 10.2 Å². The summed E-state index contributed by atoms with van der Waals surface area (Å²) >= 11 is 0. The van der Waals surface area contributed by atoms with Gasteiger partial charge in [0.2, 0.25) is 0 Å². The first-order chi connectivity index (χ1) is 7.90. The third-order valence-electron chi connectivity index (χ3n) is 2.65. The van der Waals surface area contributed by atoms with Crippen molar-refractivity contribution < 1.29 is 0 Å². The first kappa shape index (κ1) is 11.0. The molecule has 0 fully saturated rings. The van der Waals surface area contributed by atoms with E-state index < -0.39 is 0 Å². The van der Waals surface area contributed by atoms with Crippen LogP contribution in [0.2, 0.25) is 0 Å². The van der Waals surface area contributed by atoms with Gasteiger partial charge in [-0.2, -0.15) is 5.10 Å². The maximum absolute atomic E-state index is 5.44. The molecule has 0 saturated carbocycles. The van der Waals surface area contributed by atoms with Gasteiger partial charge in [-0.05, 0) is 37.6 Å². The van der Waals surface area contributed by atoms with E-state index in [4.69, 9.17) is 5.73 Å². The monoisotopic (exact) mass is 218 g/mol. The Morgan fingerprint density at radius 2 is 2.19 bits per heavy atom. The summed E-state index contributed by atoms with van der Waals surface area (Å²) in [4.78, 5) is 0. The molecule has 0 aliphatic heterocycles. The molecule has 1 heterocycles. The molecule has 86 valence electrons. The molecule has 1 aromatic heterocycles. The van der Waals surface area contributed by atoms with E-state index >= 15 is 0 Å². The highest BCUT2D eigenvalue weighted by molar-refractivity contribution is 5.81. The van der Waals surface area contributed by atoms with E-state index in [2.05, 4.69) is 27.6 Å². The quantitative estimate of drug-likeness (QED) is 0.650. The molecule has 2 rings (SSSR count). The number of hydrogen-bond acceptors (Lipinski definition) is 3. The Labute approximate surface area is 95.2 Å². The van der Waals surface area contributed by atoms with Crippen LogP contribution < -0.4 is 11.1 Å². The van der Waals surface area contributed by atoms with Gasteiger partial charge >= 0.3 is 0 Å². The van der Waals surface area contributed by atoms with Gasteiger partial charge in [-0.25, -0.2) is 0 Å². The number of nitrogens with zero attached hydrogens (tertiary/aromatic N) is 1. The molecule has 1 aromatic carbocycles. The predicted molar refractivity (Wildman–Crippen MR) is 67.5 cm³/mol. The Morgan fingerprint density at radius 3 is 3.06 bits per heavy atom. The van der Waals surface area contributed by atoms with Crippen molar-refractivity contribution in [1.29, 1.82) is 0 Å². The summed E-state index contributed by atoms with van der Waals surface area (Å²) in [6.45, 7) is 1.80. The normalized spacial score (nSPS) is 10.8. The molecule has 0 radical (unpaired) electrons. The fourth-order valence-electron chi connectivity index (χ4n) is 1.73. The van der Waals surface area contributed by atoms with E-state index in [1.54, 1.807) is 0 Å². The molecule has 4 heteroatoms. The molecular weight excluding hydrogens is 200 g/mol. The average molecular weight is 218 g/mol. The van der Waals surface area contributed by atoms with E-state index in [1.807, 2.05) is 12.3 Å². The summed E-state index contributed by atoms with van der Waals surface area (Å²) in [6, 6.07) is 6.23. The highest BCUT2D eigenvalue weighted by Gasteiger charge is 1.97. The lowest BCUT2D eigenvalue weighted by Crippen LogP contribution is -2.03. The SMILES string of the molecule is NCCCCCNc1ccc2[nH]ncc2c1. The van der Waals surface area contributed by atoms with E-state index in [1.165, 1.54) is 12.8 Å². The van der Waals surface area contributed by atoms with Crippen LogP contribution in [0.3, 0.4) is 0 Å². The van der Waals surface area contributed by atoms with Crippen LogP contribution in [0.4, 0.5) is 5.69 Å². The van der Waals surface area contributed by atoms with Crippen LogP contribution >= 0.6 is 0 Å². The average Bonchev–Trinajstić information content (AvgIpc) is 2.76. The number of unbranched alkanes of at least 4 members (excludes halogenated alkanes) is 2. The first-order valence-corrected chi connectivity index (χ1v) is 5.77. The van der Waals surface area contributed by atoms with Crippen molar-refractivity contribution in [2.45, 2.75) is 19.3 Å². The van der Waals surface area contributed by atoms with Crippen molar-refractivity contribution in [3.8, 4) is 0 Å². The van der Waals surface area contributed by atoms with Gasteiger partial charge in [0, 0.05) is 17.6 Å². The third kappa shape index (κ3) is 2.73. The van der Waals surface area contributed by atoms with Crippen LogP contribution in [0.25, 0.3) is 10.9 Å². The molecule has 0 aliphatic rings. The highest BCUT2D eigenvalue weighted by atomic mass is 15.1. The van der Waals surface area contributed by atoms with Gasteiger partial charge in [0.15, 0.2) is 0 Å². The van der Waals surface area contributed by atoms with Crippen molar-refractivity contribution in [3.05, 3.63) is 24.4 Å². The second-order valence-corrected chi connectivity index (χ2v) is 3.95. The molecule has 0 unspecified atom stereocenters. The Morgan fingerprint density at radius 1 is 1.25 bits per heavy atom. The van der Waals surface area contributed by atoms with Crippen molar-refractivity contribution >= 4 is 16.6 Å². The van der Waals surface area contributed by atoms with Crippen LogP contribution in [-0.2, 0) is 0 Å². The molecule has 0 bridgehead atoms. The Bertz CT molecular complexity index is 435. The Balaban J connectivity index is 1.84. The van der Waals surface area contributed by atoms with Gasteiger partial charge in [0.05, 0.1) is 11.7 Å². The Kier molecular flexibility index (Phi) is 3.77. The van der Waals surface area contributed by atoms with E-state index in [0.717, 1.165) is 36.1 Å². The van der Waals surface area contributed by atoms with E-state index in [9.17, 15) is 0 Å². The molecule has 0 aliphatic carbocycles. The Hall–Kier alpha value is -1.55. The minimum Gasteiger partial charge on any atom is -0.385 e. The lowest BCUT2D eigenvalue weighted by molar-refractivity contribution is 0.707. The lowest BCUT2D eigenvalue weighted by Gasteiger charge is -2.05. The minimum absolute atomic E-state index is 0.793. The van der Waals surface area contributed by atoms with Gasteiger partial charge in [-0.15, -0.1) is 0 Å². The third-order valence-corrected chi connectivity index (χ3v) is 2.65. The maximum Gasteiger partial charge on any atom is 0.0651 e. The number of aromatic amines is 1. The second-order valence-electron chi connectivity index (χ2n) is 3.95. The number of nitrogens with one attached hydrogen (secondary N) is 2. The molecule has 0 spiro atoms. The molecular formula is C12H18N4. The van der Waals surface area contributed by atoms with Crippen LogP contribution in [-0.4, -0.2) is 23.3 Å². The van der Waals surface area contributed by atoms with Crippen LogP contribution in [0.5, 0.6) is 0 Å². The van der Waals surface area contributed by atoms with E-state index in [-0.39, 0.29) is 0 Å². The zero-order valence-corrected chi connectivity index (χ0v) is 9.37. The number of rotatable bonds is 6. The van der Waals surface area contributed by atoms with Crippen molar-refractivity contribution in [2.24, 2.45) is 5.73 Å². The van der Waals surface area contributed by atoms with Gasteiger partial charge in [0.1, 0.15) is 0 Å². The highest BCUT2D eigenvalue weighted by Crippen LogP contribution is 2.16. The molecule has 4 N–H and O–H groups in total. The number of aromatic nitrogens is 2. The summed E-state index contributed by atoms with van der Waals surface area (Å²) in [6.07, 6.45) is 5.31. The molecule has 0 saturated heterocycles. The number of anilines is 1.